The predicted octanol–water partition coefficient (Wildman–Crippen LogP) is 3.22. The molecule has 0 atom stereocenters. The second kappa shape index (κ2) is 2.98. The van der Waals surface area contributed by atoms with E-state index in [0.29, 0.717) is 0 Å². The molecule has 1 aromatic rings. The zero-order valence-electron chi connectivity index (χ0n) is 7.69. The Hall–Kier alpha value is -0.690. The van der Waals surface area contributed by atoms with E-state index >= 15 is 0 Å². The molecule has 12 heavy (non-hydrogen) atoms. The summed E-state index contributed by atoms with van der Waals surface area (Å²) in [6.07, 6.45) is 0. The molecule has 0 aliphatic carbocycles. The first-order chi connectivity index (χ1) is 5.43. The lowest BCUT2D eigenvalue weighted by Crippen LogP contribution is -2.14. The molecule has 0 saturated carbocycles. The van der Waals surface area contributed by atoms with Gasteiger partial charge in [-0.05, 0) is 23.1 Å². The van der Waals surface area contributed by atoms with Crippen LogP contribution in [0.25, 0.3) is 0 Å². The third-order valence-electron chi connectivity index (χ3n) is 1.80. The Morgan fingerprint density at radius 3 is 2.17 bits per heavy atom. The number of nitrogen functional groups attached to an aromatic ring is 1. The highest BCUT2D eigenvalue weighted by atomic mass is 35.5. The number of rotatable bonds is 0. The average Bonchev–Trinajstić information content (AvgIpc) is 1.82. The van der Waals surface area contributed by atoms with Gasteiger partial charge in [-0.2, -0.15) is 0 Å². The molecular formula is C10H14ClN. The number of halogens is 1. The Morgan fingerprint density at radius 2 is 1.83 bits per heavy atom. The summed E-state index contributed by atoms with van der Waals surface area (Å²) in [6.45, 7) is 6.31. The van der Waals surface area contributed by atoms with Gasteiger partial charge in [-0.15, -0.1) is 0 Å². The van der Waals surface area contributed by atoms with Crippen LogP contribution in [0.5, 0.6) is 0 Å². The Morgan fingerprint density at radius 1 is 1.25 bits per heavy atom. The summed E-state index contributed by atoms with van der Waals surface area (Å²) >= 11 is 6.03. The minimum atomic E-state index is 0.0163. The van der Waals surface area contributed by atoms with Crippen molar-refractivity contribution in [3.05, 3.63) is 28.8 Å². The third-order valence-corrected chi connectivity index (χ3v) is 2.11. The highest BCUT2D eigenvalue weighted by Crippen LogP contribution is 2.33. The van der Waals surface area contributed by atoms with Gasteiger partial charge in [-0.1, -0.05) is 38.4 Å². The standard InChI is InChI=1S/C10H14ClN/c1-10(2,3)9-7(11)5-4-6-8(9)12/h4-6H,12H2,1-3H3. The molecule has 0 unspecified atom stereocenters. The molecule has 0 amide bonds. The Bertz CT molecular complexity index is 266. The number of hydrogen-bond donors (Lipinski definition) is 1. The quantitative estimate of drug-likeness (QED) is 0.615. The average molecular weight is 184 g/mol. The summed E-state index contributed by atoms with van der Waals surface area (Å²) in [5, 5.41) is 0.752. The highest BCUT2D eigenvalue weighted by Gasteiger charge is 2.19. The van der Waals surface area contributed by atoms with Crippen LogP contribution in [0.1, 0.15) is 26.3 Å². The fraction of sp³-hybridized carbons (Fsp3) is 0.400. The molecule has 0 radical (unpaired) electrons. The van der Waals surface area contributed by atoms with E-state index in [1.165, 1.54) is 0 Å². The summed E-state index contributed by atoms with van der Waals surface area (Å²) in [5.74, 6) is 0. The summed E-state index contributed by atoms with van der Waals surface area (Å²) in [7, 11) is 0. The number of hydrogen-bond acceptors (Lipinski definition) is 1. The van der Waals surface area contributed by atoms with E-state index in [9.17, 15) is 0 Å². The van der Waals surface area contributed by atoms with Crippen LogP contribution in [0.2, 0.25) is 5.02 Å². The predicted molar refractivity (Wildman–Crippen MR) is 54.6 cm³/mol. The lowest BCUT2D eigenvalue weighted by Gasteiger charge is -2.22. The SMILES string of the molecule is CC(C)(C)c1c(N)cccc1Cl. The van der Waals surface area contributed by atoms with Crippen LogP contribution >= 0.6 is 11.6 Å². The van der Waals surface area contributed by atoms with Crippen molar-refractivity contribution in [1.29, 1.82) is 0 Å². The van der Waals surface area contributed by atoms with Crippen LogP contribution in [0.15, 0.2) is 18.2 Å². The molecule has 0 fully saturated rings. The highest BCUT2D eigenvalue weighted by molar-refractivity contribution is 6.31. The van der Waals surface area contributed by atoms with Crippen molar-refractivity contribution in [2.24, 2.45) is 0 Å². The second-order valence-corrected chi connectivity index (χ2v) is 4.36. The minimum absolute atomic E-state index is 0.0163. The summed E-state index contributed by atoms with van der Waals surface area (Å²) in [5.41, 5.74) is 7.65. The van der Waals surface area contributed by atoms with Crippen molar-refractivity contribution < 1.29 is 0 Å². The molecule has 0 bridgehead atoms. The monoisotopic (exact) mass is 183 g/mol. The van der Waals surface area contributed by atoms with Crippen molar-refractivity contribution in [3.8, 4) is 0 Å². The maximum atomic E-state index is 6.03. The largest absolute Gasteiger partial charge is 0.398 e. The van der Waals surface area contributed by atoms with E-state index in [1.807, 2.05) is 18.2 Å². The molecule has 0 saturated heterocycles. The van der Waals surface area contributed by atoms with E-state index in [-0.39, 0.29) is 5.41 Å². The van der Waals surface area contributed by atoms with Gasteiger partial charge >= 0.3 is 0 Å². The van der Waals surface area contributed by atoms with Crippen LogP contribution in [-0.2, 0) is 5.41 Å². The van der Waals surface area contributed by atoms with E-state index in [4.69, 9.17) is 17.3 Å². The lowest BCUT2D eigenvalue weighted by molar-refractivity contribution is 0.593. The maximum Gasteiger partial charge on any atom is 0.0463 e. The molecule has 0 aromatic heterocycles. The fourth-order valence-electron chi connectivity index (χ4n) is 1.33. The molecule has 66 valence electrons. The van der Waals surface area contributed by atoms with E-state index in [0.717, 1.165) is 16.3 Å². The number of anilines is 1. The van der Waals surface area contributed by atoms with Gasteiger partial charge in [0.2, 0.25) is 0 Å². The van der Waals surface area contributed by atoms with Gasteiger partial charge < -0.3 is 5.73 Å². The van der Waals surface area contributed by atoms with Gasteiger partial charge in [0.15, 0.2) is 0 Å². The molecule has 2 N–H and O–H groups in total. The first kappa shape index (κ1) is 9.40. The molecule has 1 nitrogen and oxygen atoms in total. The molecule has 0 heterocycles. The summed E-state index contributed by atoms with van der Waals surface area (Å²) in [6, 6.07) is 5.62. The van der Waals surface area contributed by atoms with Crippen LogP contribution in [0.3, 0.4) is 0 Å². The lowest BCUT2D eigenvalue weighted by atomic mass is 9.86. The third kappa shape index (κ3) is 1.72. The molecule has 0 aliphatic heterocycles. The molecule has 1 aromatic carbocycles. The minimum Gasteiger partial charge on any atom is -0.398 e. The van der Waals surface area contributed by atoms with Crippen LogP contribution in [0, 0.1) is 0 Å². The smallest absolute Gasteiger partial charge is 0.0463 e. The number of nitrogens with two attached hydrogens (primary N) is 1. The van der Waals surface area contributed by atoms with Gasteiger partial charge in [0, 0.05) is 10.7 Å². The molecule has 1 rings (SSSR count). The molecule has 0 spiro atoms. The zero-order valence-corrected chi connectivity index (χ0v) is 8.44. The number of benzene rings is 1. The zero-order chi connectivity index (χ0) is 9.35. The molecular weight excluding hydrogens is 170 g/mol. The Balaban J connectivity index is 3.31. The van der Waals surface area contributed by atoms with Gasteiger partial charge in [-0.3, -0.25) is 0 Å². The van der Waals surface area contributed by atoms with Crippen molar-refractivity contribution in [2.45, 2.75) is 26.2 Å². The van der Waals surface area contributed by atoms with Crippen LogP contribution < -0.4 is 5.73 Å². The van der Waals surface area contributed by atoms with Gasteiger partial charge in [0.25, 0.3) is 0 Å². The summed E-state index contributed by atoms with van der Waals surface area (Å²) < 4.78 is 0. The first-order valence-corrected chi connectivity index (χ1v) is 4.35. The van der Waals surface area contributed by atoms with Gasteiger partial charge in [0.1, 0.15) is 0 Å². The van der Waals surface area contributed by atoms with Crippen molar-refractivity contribution in [3.63, 3.8) is 0 Å². The van der Waals surface area contributed by atoms with Crippen molar-refractivity contribution in [1.82, 2.24) is 0 Å². The molecule has 0 aliphatic rings. The van der Waals surface area contributed by atoms with Crippen molar-refractivity contribution in [2.75, 3.05) is 5.73 Å². The van der Waals surface area contributed by atoms with Gasteiger partial charge in [-0.25, -0.2) is 0 Å². The van der Waals surface area contributed by atoms with E-state index in [2.05, 4.69) is 20.8 Å². The Labute approximate surface area is 78.5 Å². The van der Waals surface area contributed by atoms with E-state index in [1.54, 1.807) is 0 Å². The topological polar surface area (TPSA) is 26.0 Å². The van der Waals surface area contributed by atoms with Crippen LogP contribution in [0.4, 0.5) is 5.69 Å². The fourth-order valence-corrected chi connectivity index (χ4v) is 1.80. The van der Waals surface area contributed by atoms with E-state index < -0.39 is 0 Å². The molecule has 2 heteroatoms. The summed E-state index contributed by atoms with van der Waals surface area (Å²) in [4.78, 5) is 0. The van der Waals surface area contributed by atoms with Crippen LogP contribution in [-0.4, -0.2) is 0 Å². The normalized spacial score (nSPS) is 11.7. The van der Waals surface area contributed by atoms with Gasteiger partial charge in [0.05, 0.1) is 0 Å². The second-order valence-electron chi connectivity index (χ2n) is 3.95. The Kier molecular flexibility index (Phi) is 2.34. The van der Waals surface area contributed by atoms with Crippen molar-refractivity contribution >= 4 is 17.3 Å². The maximum absolute atomic E-state index is 6.03. The first-order valence-electron chi connectivity index (χ1n) is 3.97.